The smallest absolute Gasteiger partial charge is 0.0903 e. The van der Waals surface area contributed by atoms with E-state index in [0.29, 0.717) is 5.92 Å². The molecule has 1 heterocycles. The highest BCUT2D eigenvalue weighted by Gasteiger charge is 2.34. The summed E-state index contributed by atoms with van der Waals surface area (Å²) in [5.41, 5.74) is 8.38. The van der Waals surface area contributed by atoms with Crippen molar-refractivity contribution in [1.82, 2.24) is 9.78 Å². The molecule has 0 saturated heterocycles. The third-order valence-electron chi connectivity index (χ3n) is 3.85. The van der Waals surface area contributed by atoms with Crippen LogP contribution in [0.25, 0.3) is 11.1 Å². The van der Waals surface area contributed by atoms with Gasteiger partial charge in [-0.05, 0) is 24.3 Å². The largest absolute Gasteiger partial charge is 0.394 e. The van der Waals surface area contributed by atoms with Crippen molar-refractivity contribution in [2.45, 2.75) is 24.9 Å². The zero-order chi connectivity index (χ0) is 13.2. The predicted molar refractivity (Wildman–Crippen MR) is 74.5 cm³/mol. The highest BCUT2D eigenvalue weighted by atomic mass is 16.3. The number of benzene rings is 1. The van der Waals surface area contributed by atoms with E-state index in [-0.39, 0.29) is 18.7 Å². The number of rotatable bonds is 5. The molecule has 0 amide bonds. The molecule has 1 aliphatic carbocycles. The van der Waals surface area contributed by atoms with Crippen LogP contribution in [0.4, 0.5) is 0 Å². The molecule has 4 nitrogen and oxygen atoms in total. The Balaban J connectivity index is 1.83. The van der Waals surface area contributed by atoms with Crippen molar-refractivity contribution in [3.05, 3.63) is 42.7 Å². The van der Waals surface area contributed by atoms with E-state index in [2.05, 4.69) is 17.2 Å². The van der Waals surface area contributed by atoms with E-state index in [4.69, 9.17) is 5.73 Å². The topological polar surface area (TPSA) is 64.1 Å². The van der Waals surface area contributed by atoms with Gasteiger partial charge in [-0.25, -0.2) is 0 Å². The van der Waals surface area contributed by atoms with E-state index in [0.717, 1.165) is 11.1 Å². The Morgan fingerprint density at radius 3 is 2.63 bits per heavy atom. The average Bonchev–Trinajstić information content (AvgIpc) is 3.20. The van der Waals surface area contributed by atoms with E-state index in [9.17, 15) is 5.11 Å². The molecule has 19 heavy (non-hydrogen) atoms. The standard InChI is InChI=1S/C15H19N3O/c16-15(12-6-7-12)14(10-19)18-9-13(8-17-18)11-4-2-1-3-5-11/h1-5,8-9,12,14-15,19H,6-7,10,16H2. The number of aliphatic hydroxyl groups excluding tert-OH is 1. The molecule has 1 aromatic carbocycles. The highest BCUT2D eigenvalue weighted by molar-refractivity contribution is 5.61. The fourth-order valence-electron chi connectivity index (χ4n) is 2.48. The molecule has 3 N–H and O–H groups in total. The van der Waals surface area contributed by atoms with Crippen LogP contribution in [0.5, 0.6) is 0 Å². The lowest BCUT2D eigenvalue weighted by atomic mass is 10.1. The van der Waals surface area contributed by atoms with Gasteiger partial charge in [0, 0.05) is 17.8 Å². The fraction of sp³-hybridized carbons (Fsp3) is 0.400. The van der Waals surface area contributed by atoms with Crippen molar-refractivity contribution in [1.29, 1.82) is 0 Å². The summed E-state index contributed by atoms with van der Waals surface area (Å²) >= 11 is 0. The summed E-state index contributed by atoms with van der Waals surface area (Å²) in [6, 6.07) is 9.98. The van der Waals surface area contributed by atoms with Crippen LogP contribution in [0.2, 0.25) is 0 Å². The molecular formula is C15H19N3O. The summed E-state index contributed by atoms with van der Waals surface area (Å²) < 4.78 is 1.81. The molecule has 2 aromatic rings. The third-order valence-corrected chi connectivity index (χ3v) is 3.85. The van der Waals surface area contributed by atoms with Gasteiger partial charge in [-0.15, -0.1) is 0 Å². The van der Waals surface area contributed by atoms with Gasteiger partial charge in [-0.3, -0.25) is 4.68 Å². The summed E-state index contributed by atoms with van der Waals surface area (Å²) in [6.07, 6.45) is 6.14. The van der Waals surface area contributed by atoms with E-state index in [1.54, 1.807) is 0 Å². The maximum absolute atomic E-state index is 9.57. The second-order valence-electron chi connectivity index (χ2n) is 5.24. The number of hydrogen-bond donors (Lipinski definition) is 2. The fourth-order valence-corrected chi connectivity index (χ4v) is 2.48. The van der Waals surface area contributed by atoms with Crippen molar-refractivity contribution >= 4 is 0 Å². The van der Waals surface area contributed by atoms with Gasteiger partial charge >= 0.3 is 0 Å². The Kier molecular flexibility index (Phi) is 3.36. The molecule has 2 atom stereocenters. The van der Waals surface area contributed by atoms with Gasteiger partial charge < -0.3 is 10.8 Å². The molecule has 3 rings (SSSR count). The SMILES string of the molecule is NC(C1CC1)C(CO)n1cc(-c2ccccc2)cn1. The molecule has 0 spiro atoms. The van der Waals surface area contributed by atoms with Gasteiger partial charge in [0.25, 0.3) is 0 Å². The Labute approximate surface area is 112 Å². The van der Waals surface area contributed by atoms with Gasteiger partial charge in [0.05, 0.1) is 18.8 Å². The summed E-state index contributed by atoms with van der Waals surface area (Å²) in [4.78, 5) is 0. The molecule has 0 bridgehead atoms. The van der Waals surface area contributed by atoms with Crippen molar-refractivity contribution in [2.24, 2.45) is 11.7 Å². The van der Waals surface area contributed by atoms with Crippen LogP contribution in [0.1, 0.15) is 18.9 Å². The molecular weight excluding hydrogens is 238 g/mol. The zero-order valence-electron chi connectivity index (χ0n) is 10.8. The van der Waals surface area contributed by atoms with Gasteiger partial charge in [0.1, 0.15) is 0 Å². The van der Waals surface area contributed by atoms with E-state index < -0.39 is 0 Å². The first-order valence-corrected chi connectivity index (χ1v) is 6.75. The van der Waals surface area contributed by atoms with Gasteiger partial charge in [0.2, 0.25) is 0 Å². The minimum Gasteiger partial charge on any atom is -0.394 e. The lowest BCUT2D eigenvalue weighted by Gasteiger charge is -2.22. The third kappa shape index (κ3) is 2.55. The number of nitrogens with two attached hydrogens (primary N) is 1. The van der Waals surface area contributed by atoms with Crippen LogP contribution >= 0.6 is 0 Å². The minimum atomic E-state index is -0.120. The van der Waals surface area contributed by atoms with Crippen LogP contribution in [0.3, 0.4) is 0 Å². The molecule has 1 aromatic heterocycles. The first kappa shape index (κ1) is 12.4. The molecule has 1 aliphatic rings. The average molecular weight is 257 g/mol. The lowest BCUT2D eigenvalue weighted by molar-refractivity contribution is 0.188. The monoisotopic (exact) mass is 257 g/mol. The number of nitrogens with zero attached hydrogens (tertiary/aromatic N) is 2. The summed E-state index contributed by atoms with van der Waals surface area (Å²) in [5, 5.41) is 13.9. The number of aromatic nitrogens is 2. The molecule has 2 unspecified atom stereocenters. The molecule has 1 fully saturated rings. The van der Waals surface area contributed by atoms with Gasteiger partial charge in [0.15, 0.2) is 0 Å². The van der Waals surface area contributed by atoms with Crippen LogP contribution in [-0.4, -0.2) is 27.5 Å². The Bertz CT molecular complexity index is 533. The van der Waals surface area contributed by atoms with Crippen LogP contribution < -0.4 is 5.73 Å². The molecule has 0 radical (unpaired) electrons. The van der Waals surface area contributed by atoms with E-state index in [1.807, 2.05) is 35.3 Å². The molecule has 100 valence electrons. The molecule has 1 saturated carbocycles. The Morgan fingerprint density at radius 1 is 1.26 bits per heavy atom. The number of aliphatic hydroxyl groups is 1. The normalized spacial score (nSPS) is 18.2. The molecule has 4 heteroatoms. The summed E-state index contributed by atoms with van der Waals surface area (Å²) in [6.45, 7) is 0.0353. The van der Waals surface area contributed by atoms with Crippen molar-refractivity contribution in [2.75, 3.05) is 6.61 Å². The summed E-state index contributed by atoms with van der Waals surface area (Å²) in [7, 11) is 0. The van der Waals surface area contributed by atoms with Gasteiger partial charge in [-0.1, -0.05) is 30.3 Å². The van der Waals surface area contributed by atoms with Crippen LogP contribution in [0.15, 0.2) is 42.7 Å². The zero-order valence-corrected chi connectivity index (χ0v) is 10.8. The second kappa shape index (κ2) is 5.15. The quantitative estimate of drug-likeness (QED) is 0.858. The second-order valence-corrected chi connectivity index (χ2v) is 5.24. The first-order valence-electron chi connectivity index (χ1n) is 6.75. The highest BCUT2D eigenvalue weighted by Crippen LogP contribution is 2.36. The van der Waals surface area contributed by atoms with Crippen molar-refractivity contribution in [3.63, 3.8) is 0 Å². The van der Waals surface area contributed by atoms with Crippen LogP contribution in [-0.2, 0) is 0 Å². The minimum absolute atomic E-state index is 0.00600. The maximum Gasteiger partial charge on any atom is 0.0903 e. The predicted octanol–water partition coefficient (Wildman–Crippen LogP) is 1.82. The van der Waals surface area contributed by atoms with E-state index in [1.165, 1.54) is 12.8 Å². The Hall–Kier alpha value is -1.65. The maximum atomic E-state index is 9.57. The van der Waals surface area contributed by atoms with Gasteiger partial charge in [-0.2, -0.15) is 5.10 Å². The van der Waals surface area contributed by atoms with E-state index >= 15 is 0 Å². The lowest BCUT2D eigenvalue weighted by Crippen LogP contribution is -2.36. The molecule has 0 aliphatic heterocycles. The Morgan fingerprint density at radius 2 is 2.00 bits per heavy atom. The van der Waals surface area contributed by atoms with Crippen molar-refractivity contribution < 1.29 is 5.11 Å². The van der Waals surface area contributed by atoms with Crippen LogP contribution in [0, 0.1) is 5.92 Å². The number of hydrogen-bond acceptors (Lipinski definition) is 3. The first-order chi connectivity index (χ1) is 9.29. The summed E-state index contributed by atoms with van der Waals surface area (Å²) in [5.74, 6) is 0.543. The van der Waals surface area contributed by atoms with Crippen molar-refractivity contribution in [3.8, 4) is 11.1 Å².